The van der Waals surface area contributed by atoms with Gasteiger partial charge in [0.1, 0.15) is 28.6 Å². The zero-order chi connectivity index (χ0) is 26.2. The lowest BCUT2D eigenvalue weighted by Crippen LogP contribution is -2.28. The van der Waals surface area contributed by atoms with Crippen molar-refractivity contribution in [1.82, 2.24) is 19.6 Å². The van der Waals surface area contributed by atoms with Crippen LogP contribution in [0.5, 0.6) is 11.5 Å². The average Bonchev–Trinajstić information content (AvgIpc) is 2.90. The molecule has 11 heteroatoms. The van der Waals surface area contributed by atoms with Gasteiger partial charge in [-0.3, -0.25) is 0 Å². The number of nitrogens with zero attached hydrogens (tertiary/aromatic N) is 3. The largest absolute Gasteiger partial charge is 0.495 e. The molecule has 2 heterocycles. The van der Waals surface area contributed by atoms with Gasteiger partial charge in [-0.05, 0) is 50.5 Å². The van der Waals surface area contributed by atoms with Crippen LogP contribution in [0.2, 0.25) is 0 Å². The summed E-state index contributed by atoms with van der Waals surface area (Å²) in [6, 6.07) is 12.9. The van der Waals surface area contributed by atoms with Crippen molar-refractivity contribution in [3.8, 4) is 22.8 Å². The fraction of sp³-hybridized carbons (Fsp3) is 0.385. The summed E-state index contributed by atoms with van der Waals surface area (Å²) < 4.78 is 32.6. The Balaban J connectivity index is 1.45. The Morgan fingerprint density at radius 1 is 1.14 bits per heavy atom. The van der Waals surface area contributed by atoms with Crippen LogP contribution in [0.4, 0.5) is 17.3 Å². The topological polar surface area (TPSA) is 124 Å². The van der Waals surface area contributed by atoms with E-state index >= 15 is 0 Å². The maximum Gasteiger partial charge on any atom is 0.227 e. The fourth-order valence-corrected chi connectivity index (χ4v) is 4.78. The van der Waals surface area contributed by atoms with Gasteiger partial charge in [-0.15, -0.1) is 0 Å². The molecule has 198 valence electrons. The standard InChI is InChI=1S/C26H34N6O4S/c1-32(2)13-12-29-37(33)25-7-5-19(17-24(25)34-3)30-26-28-11-8-22(31-26)18-4-6-23(21(27)16-18)36-20-9-14-35-15-10-20/h4-8,11,16-17,20,29H,9-10,12-15,27H2,1-3H3,(H,28,30,31). The summed E-state index contributed by atoms with van der Waals surface area (Å²) in [6.45, 7) is 2.79. The summed E-state index contributed by atoms with van der Waals surface area (Å²) in [5, 5.41) is 3.20. The number of aromatic nitrogens is 2. The highest BCUT2D eigenvalue weighted by molar-refractivity contribution is 7.83. The lowest BCUT2D eigenvalue weighted by molar-refractivity contribution is 0.0259. The molecule has 1 aliphatic heterocycles. The van der Waals surface area contributed by atoms with E-state index in [1.165, 1.54) is 0 Å². The van der Waals surface area contributed by atoms with E-state index < -0.39 is 11.0 Å². The summed E-state index contributed by atoms with van der Waals surface area (Å²) in [6.07, 6.45) is 3.52. The van der Waals surface area contributed by atoms with Gasteiger partial charge in [-0.2, -0.15) is 0 Å². The number of nitrogens with two attached hydrogens (primary N) is 1. The Morgan fingerprint density at radius 3 is 2.68 bits per heavy atom. The van der Waals surface area contributed by atoms with Crippen molar-refractivity contribution >= 4 is 28.3 Å². The van der Waals surface area contributed by atoms with Crippen molar-refractivity contribution in [3.05, 3.63) is 48.7 Å². The van der Waals surface area contributed by atoms with Crippen LogP contribution in [0.3, 0.4) is 0 Å². The lowest BCUT2D eigenvalue weighted by Gasteiger charge is -2.24. The second-order valence-electron chi connectivity index (χ2n) is 8.90. The van der Waals surface area contributed by atoms with E-state index in [0.29, 0.717) is 53.5 Å². The normalized spacial score (nSPS) is 14.9. The molecule has 0 amide bonds. The Bertz CT molecular complexity index is 1220. The molecule has 37 heavy (non-hydrogen) atoms. The van der Waals surface area contributed by atoms with E-state index in [2.05, 4.69) is 20.0 Å². The minimum atomic E-state index is -1.39. The number of nitrogen functional groups attached to an aromatic ring is 1. The van der Waals surface area contributed by atoms with Crippen molar-refractivity contribution in [2.45, 2.75) is 23.8 Å². The van der Waals surface area contributed by atoms with Crippen molar-refractivity contribution in [3.63, 3.8) is 0 Å². The van der Waals surface area contributed by atoms with Crippen molar-refractivity contribution in [1.29, 1.82) is 0 Å². The van der Waals surface area contributed by atoms with Gasteiger partial charge in [0.2, 0.25) is 5.95 Å². The highest BCUT2D eigenvalue weighted by atomic mass is 32.2. The number of nitrogens with one attached hydrogen (secondary N) is 2. The molecule has 1 fully saturated rings. The van der Waals surface area contributed by atoms with Crippen LogP contribution in [-0.4, -0.2) is 72.7 Å². The van der Waals surface area contributed by atoms with Crippen LogP contribution in [0, 0.1) is 0 Å². The molecule has 0 aliphatic carbocycles. The van der Waals surface area contributed by atoms with E-state index in [9.17, 15) is 4.21 Å². The highest BCUT2D eigenvalue weighted by Crippen LogP contribution is 2.31. The van der Waals surface area contributed by atoms with Crippen LogP contribution in [0.15, 0.2) is 53.6 Å². The van der Waals surface area contributed by atoms with Gasteiger partial charge in [0.05, 0.1) is 36.6 Å². The molecule has 1 aliphatic rings. The van der Waals surface area contributed by atoms with Gasteiger partial charge in [-0.1, -0.05) is 0 Å². The lowest BCUT2D eigenvalue weighted by atomic mass is 10.1. The molecule has 1 aromatic heterocycles. The molecule has 4 N–H and O–H groups in total. The fourth-order valence-electron chi connectivity index (χ4n) is 3.84. The van der Waals surface area contributed by atoms with E-state index in [1.807, 2.05) is 49.3 Å². The third-order valence-electron chi connectivity index (χ3n) is 5.83. The molecule has 0 bridgehead atoms. The average molecular weight is 527 g/mol. The molecular formula is C26H34N6O4S. The predicted octanol–water partition coefficient (Wildman–Crippen LogP) is 3.21. The van der Waals surface area contributed by atoms with Gasteiger partial charge in [0.15, 0.2) is 0 Å². The maximum absolute atomic E-state index is 12.7. The minimum Gasteiger partial charge on any atom is -0.495 e. The first kappa shape index (κ1) is 26.8. The molecule has 2 aromatic carbocycles. The SMILES string of the molecule is COc1cc(Nc2nccc(-c3ccc(OC4CCOCC4)c(N)c3)n2)ccc1S(=O)NCCN(C)C. The number of methoxy groups -OCH3 is 1. The highest BCUT2D eigenvalue weighted by Gasteiger charge is 2.17. The molecular weight excluding hydrogens is 492 g/mol. The number of anilines is 3. The summed E-state index contributed by atoms with van der Waals surface area (Å²) in [5.74, 6) is 1.59. The summed E-state index contributed by atoms with van der Waals surface area (Å²) in [5.41, 5.74) is 9.14. The summed E-state index contributed by atoms with van der Waals surface area (Å²) >= 11 is 0. The Labute approximate surface area is 220 Å². The van der Waals surface area contributed by atoms with E-state index in [1.54, 1.807) is 25.4 Å². The van der Waals surface area contributed by atoms with Gasteiger partial charge in [0.25, 0.3) is 0 Å². The Hall–Kier alpha value is -3.25. The number of hydrogen-bond donors (Lipinski definition) is 3. The maximum atomic E-state index is 12.7. The smallest absolute Gasteiger partial charge is 0.227 e. The molecule has 0 saturated carbocycles. The van der Waals surface area contributed by atoms with Crippen LogP contribution < -0.4 is 25.2 Å². The van der Waals surface area contributed by atoms with Gasteiger partial charge < -0.3 is 30.2 Å². The molecule has 1 unspecified atom stereocenters. The molecule has 10 nitrogen and oxygen atoms in total. The second kappa shape index (κ2) is 12.8. The molecule has 1 saturated heterocycles. The molecule has 3 aromatic rings. The zero-order valence-corrected chi connectivity index (χ0v) is 22.2. The van der Waals surface area contributed by atoms with Crippen molar-refractivity contribution in [2.24, 2.45) is 0 Å². The first-order valence-corrected chi connectivity index (χ1v) is 13.3. The third kappa shape index (κ3) is 7.39. The first-order chi connectivity index (χ1) is 17.9. The molecule has 0 radical (unpaired) electrons. The minimum absolute atomic E-state index is 0.117. The van der Waals surface area contributed by atoms with Crippen molar-refractivity contribution < 1.29 is 18.4 Å². The van der Waals surface area contributed by atoms with Crippen LogP contribution in [0.1, 0.15) is 12.8 Å². The molecule has 0 spiro atoms. The first-order valence-electron chi connectivity index (χ1n) is 12.2. The van der Waals surface area contributed by atoms with Gasteiger partial charge >= 0.3 is 0 Å². The quantitative estimate of drug-likeness (QED) is 0.323. The van der Waals surface area contributed by atoms with Crippen LogP contribution in [0.25, 0.3) is 11.3 Å². The number of benzene rings is 2. The van der Waals surface area contributed by atoms with Gasteiger partial charge in [-0.25, -0.2) is 18.9 Å². The predicted molar refractivity (Wildman–Crippen MR) is 146 cm³/mol. The van der Waals surface area contributed by atoms with E-state index in [-0.39, 0.29) is 6.10 Å². The number of rotatable bonds is 11. The molecule has 1 atom stereocenters. The van der Waals surface area contributed by atoms with Crippen LogP contribution in [-0.2, 0) is 15.7 Å². The molecule has 4 rings (SSSR count). The number of likely N-dealkylation sites (N-methyl/N-ethyl adjacent to an activating group) is 1. The van der Waals surface area contributed by atoms with Crippen LogP contribution >= 0.6 is 0 Å². The Kier molecular flexibility index (Phi) is 9.29. The van der Waals surface area contributed by atoms with E-state index in [0.717, 1.165) is 30.6 Å². The monoisotopic (exact) mass is 526 g/mol. The second-order valence-corrected chi connectivity index (χ2v) is 10.2. The van der Waals surface area contributed by atoms with Gasteiger partial charge in [0, 0.05) is 49.4 Å². The summed E-state index contributed by atoms with van der Waals surface area (Å²) in [4.78, 5) is 11.6. The summed E-state index contributed by atoms with van der Waals surface area (Å²) in [7, 11) is 4.10. The number of ether oxygens (including phenoxy) is 3. The third-order valence-corrected chi connectivity index (χ3v) is 7.04. The van der Waals surface area contributed by atoms with Crippen molar-refractivity contribution in [2.75, 3.05) is 58.6 Å². The Morgan fingerprint density at radius 2 is 1.95 bits per heavy atom. The van der Waals surface area contributed by atoms with E-state index in [4.69, 9.17) is 19.9 Å². The zero-order valence-electron chi connectivity index (χ0n) is 21.4. The number of hydrogen-bond acceptors (Lipinski definition) is 9.